The number of nitrogens with one attached hydrogen (secondary N) is 1. The van der Waals surface area contributed by atoms with E-state index in [1.165, 1.54) is 20.1 Å². The number of carbonyl (C=O) groups excluding carboxylic acids is 2. The van der Waals surface area contributed by atoms with Crippen LogP contribution in [-0.4, -0.2) is 42.2 Å². The minimum atomic E-state index is -1.13. The second-order valence-electron chi connectivity index (χ2n) is 6.50. The van der Waals surface area contributed by atoms with E-state index in [-0.39, 0.29) is 23.7 Å². The summed E-state index contributed by atoms with van der Waals surface area (Å²) in [7, 11) is 1.33. The number of methoxy groups -OCH3 is 1. The zero-order chi connectivity index (χ0) is 20.1. The maximum absolute atomic E-state index is 12.4. The fourth-order valence-electron chi connectivity index (χ4n) is 2.04. The molecule has 1 rings (SSSR count). The van der Waals surface area contributed by atoms with Gasteiger partial charge in [0.05, 0.1) is 24.7 Å². The molecular weight excluding hydrogens is 344 g/mol. The lowest BCUT2D eigenvalue weighted by Gasteiger charge is -2.23. The number of hydrogen-bond donors (Lipinski definition) is 1. The fraction of sp³-hybridized carbons (Fsp3) is 0.529. The molecule has 1 atom stereocenters. The highest BCUT2D eigenvalue weighted by molar-refractivity contribution is 5.96. The van der Waals surface area contributed by atoms with Crippen LogP contribution in [0.25, 0.3) is 0 Å². The lowest BCUT2D eigenvalue weighted by atomic mass is 10.1. The summed E-state index contributed by atoms with van der Waals surface area (Å²) in [6, 6.07) is 2.26. The minimum absolute atomic E-state index is 0.119. The Morgan fingerprint density at radius 1 is 1.27 bits per heavy atom. The van der Waals surface area contributed by atoms with Gasteiger partial charge in [-0.05, 0) is 34.6 Å². The van der Waals surface area contributed by atoms with Gasteiger partial charge < -0.3 is 19.5 Å². The predicted molar refractivity (Wildman–Crippen MR) is 93.6 cm³/mol. The molecule has 1 amide bonds. The molecule has 1 aromatic carbocycles. The van der Waals surface area contributed by atoms with Crippen LogP contribution in [0.2, 0.25) is 0 Å². The van der Waals surface area contributed by atoms with Gasteiger partial charge in [0, 0.05) is 11.6 Å². The van der Waals surface area contributed by atoms with Crippen LogP contribution in [0.4, 0.5) is 5.69 Å². The van der Waals surface area contributed by atoms with Crippen LogP contribution in [0.3, 0.4) is 0 Å². The summed E-state index contributed by atoms with van der Waals surface area (Å²) in [5.74, 6) is -1.23. The Balaban J connectivity index is 3.15. The van der Waals surface area contributed by atoms with E-state index in [4.69, 9.17) is 14.2 Å². The Labute approximate surface area is 151 Å². The zero-order valence-electron chi connectivity index (χ0n) is 15.7. The number of amides is 1. The molecule has 9 heteroatoms. The topological polar surface area (TPSA) is 117 Å². The van der Waals surface area contributed by atoms with Gasteiger partial charge in [-0.25, -0.2) is 4.79 Å². The van der Waals surface area contributed by atoms with Gasteiger partial charge in [-0.3, -0.25) is 14.9 Å². The predicted octanol–water partition coefficient (Wildman–Crippen LogP) is 2.46. The molecule has 0 radical (unpaired) electrons. The molecule has 0 heterocycles. The molecule has 1 unspecified atom stereocenters. The van der Waals surface area contributed by atoms with Crippen molar-refractivity contribution >= 4 is 17.6 Å². The molecule has 0 bridgehead atoms. The average molecular weight is 368 g/mol. The lowest BCUT2D eigenvalue weighted by Crippen LogP contribution is -2.46. The van der Waals surface area contributed by atoms with E-state index in [0.29, 0.717) is 0 Å². The van der Waals surface area contributed by atoms with Crippen LogP contribution in [0, 0.1) is 10.1 Å². The zero-order valence-corrected chi connectivity index (χ0v) is 15.7. The fourth-order valence-corrected chi connectivity index (χ4v) is 2.04. The number of benzene rings is 1. The molecule has 0 spiro atoms. The molecule has 0 aromatic heterocycles. The number of hydrogen-bond acceptors (Lipinski definition) is 7. The highest BCUT2D eigenvalue weighted by Gasteiger charge is 2.29. The van der Waals surface area contributed by atoms with Crippen molar-refractivity contribution in [1.29, 1.82) is 0 Å². The van der Waals surface area contributed by atoms with Gasteiger partial charge in [0.15, 0.2) is 17.6 Å². The molecule has 1 aromatic rings. The molecule has 0 saturated carbocycles. The molecule has 0 aliphatic rings. The van der Waals surface area contributed by atoms with E-state index in [2.05, 4.69) is 5.32 Å². The van der Waals surface area contributed by atoms with Crippen LogP contribution >= 0.6 is 0 Å². The van der Waals surface area contributed by atoms with Gasteiger partial charge in [-0.1, -0.05) is 0 Å². The van der Waals surface area contributed by atoms with Crippen molar-refractivity contribution in [2.45, 2.75) is 46.3 Å². The molecule has 1 N–H and O–H groups in total. The maximum Gasteiger partial charge on any atom is 0.346 e. The Morgan fingerprint density at radius 3 is 2.35 bits per heavy atom. The normalized spacial score (nSPS) is 12.1. The van der Waals surface area contributed by atoms with E-state index in [0.717, 1.165) is 6.07 Å². The van der Waals surface area contributed by atoms with Gasteiger partial charge in [0.2, 0.25) is 0 Å². The van der Waals surface area contributed by atoms with E-state index >= 15 is 0 Å². The van der Waals surface area contributed by atoms with Gasteiger partial charge in [0.1, 0.15) is 5.56 Å². The molecular formula is C17H24N2O7. The van der Waals surface area contributed by atoms with Crippen LogP contribution < -0.4 is 14.8 Å². The Bertz CT molecular complexity index is 695. The SMILES string of the molecule is CCOc1cc(C(=O)OC(C)C(=O)NC(C)(C)C)c([N+](=O)[O-])cc1OC. The van der Waals surface area contributed by atoms with Crippen molar-refractivity contribution in [2.24, 2.45) is 0 Å². The number of esters is 1. The third-order valence-electron chi connectivity index (χ3n) is 3.15. The Kier molecular flexibility index (Phi) is 6.93. The van der Waals surface area contributed by atoms with E-state index < -0.39 is 34.1 Å². The highest BCUT2D eigenvalue weighted by Crippen LogP contribution is 2.35. The summed E-state index contributed by atoms with van der Waals surface area (Å²) < 4.78 is 15.5. The first-order valence-corrected chi connectivity index (χ1v) is 8.02. The number of carbonyl (C=O) groups is 2. The van der Waals surface area contributed by atoms with Gasteiger partial charge in [-0.2, -0.15) is 0 Å². The second kappa shape index (κ2) is 8.50. The molecule has 0 fully saturated rings. The Morgan fingerprint density at radius 2 is 1.88 bits per heavy atom. The quantitative estimate of drug-likeness (QED) is 0.446. The van der Waals surface area contributed by atoms with E-state index in [1.807, 2.05) is 0 Å². The molecule has 144 valence electrons. The van der Waals surface area contributed by atoms with Crippen molar-refractivity contribution in [1.82, 2.24) is 5.32 Å². The van der Waals surface area contributed by atoms with E-state index in [1.54, 1.807) is 27.7 Å². The molecule has 9 nitrogen and oxygen atoms in total. The van der Waals surface area contributed by atoms with Crippen molar-refractivity contribution in [3.05, 3.63) is 27.8 Å². The standard InChI is InChI=1S/C17H24N2O7/c1-7-25-14-8-11(12(19(22)23)9-13(14)24-6)16(21)26-10(2)15(20)18-17(3,4)5/h8-10H,7H2,1-6H3,(H,18,20). The Hall–Kier alpha value is -2.84. The monoisotopic (exact) mass is 368 g/mol. The van der Waals surface area contributed by atoms with Crippen LogP contribution in [0.1, 0.15) is 45.0 Å². The summed E-state index contributed by atoms with van der Waals surface area (Å²) >= 11 is 0. The summed E-state index contributed by atoms with van der Waals surface area (Å²) in [6.45, 7) is 8.72. The van der Waals surface area contributed by atoms with Crippen LogP contribution in [0.15, 0.2) is 12.1 Å². The number of rotatable bonds is 7. The maximum atomic E-state index is 12.4. The largest absolute Gasteiger partial charge is 0.493 e. The van der Waals surface area contributed by atoms with Crippen LogP contribution in [-0.2, 0) is 9.53 Å². The summed E-state index contributed by atoms with van der Waals surface area (Å²) in [5, 5.41) is 14.0. The lowest BCUT2D eigenvalue weighted by molar-refractivity contribution is -0.385. The summed E-state index contributed by atoms with van der Waals surface area (Å²) in [6.07, 6.45) is -1.13. The molecule has 0 saturated heterocycles. The van der Waals surface area contributed by atoms with Crippen molar-refractivity contribution < 1.29 is 28.7 Å². The van der Waals surface area contributed by atoms with Gasteiger partial charge in [0.25, 0.3) is 11.6 Å². The number of nitrogens with zero attached hydrogens (tertiary/aromatic N) is 1. The summed E-state index contributed by atoms with van der Waals surface area (Å²) in [5.41, 5.74) is -1.33. The van der Waals surface area contributed by atoms with Crippen molar-refractivity contribution in [2.75, 3.05) is 13.7 Å². The summed E-state index contributed by atoms with van der Waals surface area (Å²) in [4.78, 5) is 35.0. The first kappa shape index (κ1) is 21.2. The number of ether oxygens (including phenoxy) is 3. The van der Waals surface area contributed by atoms with Crippen molar-refractivity contribution in [3.63, 3.8) is 0 Å². The first-order chi connectivity index (χ1) is 12.0. The van der Waals surface area contributed by atoms with Gasteiger partial charge >= 0.3 is 5.97 Å². The number of nitro benzene ring substituents is 1. The first-order valence-electron chi connectivity index (χ1n) is 8.02. The number of nitro groups is 1. The molecule has 0 aliphatic heterocycles. The third-order valence-corrected chi connectivity index (χ3v) is 3.15. The van der Waals surface area contributed by atoms with E-state index in [9.17, 15) is 19.7 Å². The minimum Gasteiger partial charge on any atom is -0.493 e. The smallest absolute Gasteiger partial charge is 0.346 e. The average Bonchev–Trinajstić information content (AvgIpc) is 2.52. The highest BCUT2D eigenvalue weighted by atomic mass is 16.6. The molecule has 26 heavy (non-hydrogen) atoms. The van der Waals surface area contributed by atoms with Crippen molar-refractivity contribution in [3.8, 4) is 11.5 Å². The third kappa shape index (κ3) is 5.61. The second-order valence-corrected chi connectivity index (χ2v) is 6.50. The van der Waals surface area contributed by atoms with Gasteiger partial charge in [-0.15, -0.1) is 0 Å². The van der Waals surface area contributed by atoms with Crippen LogP contribution in [0.5, 0.6) is 11.5 Å². The molecule has 0 aliphatic carbocycles.